The highest BCUT2D eigenvalue weighted by Crippen LogP contribution is 2.43. The molecule has 0 fully saturated rings. The van der Waals surface area contributed by atoms with Gasteiger partial charge in [-0.15, -0.1) is 0 Å². The van der Waals surface area contributed by atoms with E-state index >= 15 is 0 Å². The summed E-state index contributed by atoms with van der Waals surface area (Å²) in [4.78, 5) is 39.9. The first-order valence-electron chi connectivity index (χ1n) is 8.62. The van der Waals surface area contributed by atoms with Gasteiger partial charge >= 0.3 is 11.7 Å². The fraction of sp³-hybridized carbons (Fsp3) is 0.316. The third kappa shape index (κ3) is 2.31. The SMILES string of the molecule is CCCn1c2c(c(=O)[nH]c1=O)[C@@H](c1ccccc1C)C1=C(COC1=O)N2. The Morgan fingerprint density at radius 1 is 1.23 bits per heavy atom. The molecule has 3 heterocycles. The fourth-order valence-corrected chi connectivity index (χ4v) is 3.75. The molecule has 4 rings (SSSR count). The minimum absolute atomic E-state index is 0.114. The van der Waals surface area contributed by atoms with Crippen molar-refractivity contribution in [3.8, 4) is 0 Å². The topological polar surface area (TPSA) is 93.2 Å². The van der Waals surface area contributed by atoms with Crippen molar-refractivity contribution < 1.29 is 9.53 Å². The highest BCUT2D eigenvalue weighted by atomic mass is 16.5. The predicted molar refractivity (Wildman–Crippen MR) is 96.2 cm³/mol. The van der Waals surface area contributed by atoms with Gasteiger partial charge in [0.2, 0.25) is 0 Å². The van der Waals surface area contributed by atoms with E-state index in [1.54, 1.807) is 0 Å². The van der Waals surface area contributed by atoms with Crippen LogP contribution in [-0.4, -0.2) is 22.1 Å². The van der Waals surface area contributed by atoms with Crippen molar-refractivity contribution in [3.05, 3.63) is 73.1 Å². The molecule has 2 N–H and O–H groups in total. The number of cyclic esters (lactones) is 1. The number of carbonyl (C=O) groups is 1. The number of hydrogen-bond donors (Lipinski definition) is 2. The molecule has 2 aromatic rings. The van der Waals surface area contributed by atoms with Gasteiger partial charge in [0.05, 0.1) is 22.8 Å². The van der Waals surface area contributed by atoms with E-state index in [2.05, 4.69) is 10.3 Å². The quantitative estimate of drug-likeness (QED) is 0.818. The van der Waals surface area contributed by atoms with E-state index in [-0.39, 0.29) is 6.61 Å². The van der Waals surface area contributed by atoms with Gasteiger partial charge in [-0.2, -0.15) is 0 Å². The molecular weight excluding hydrogens is 334 g/mol. The third-order valence-corrected chi connectivity index (χ3v) is 4.92. The van der Waals surface area contributed by atoms with E-state index in [0.29, 0.717) is 29.2 Å². The fourth-order valence-electron chi connectivity index (χ4n) is 3.75. The average Bonchev–Trinajstić information content (AvgIpc) is 2.98. The van der Waals surface area contributed by atoms with Crippen LogP contribution in [0.25, 0.3) is 0 Å². The lowest BCUT2D eigenvalue weighted by Crippen LogP contribution is -2.38. The molecule has 0 bridgehead atoms. The number of anilines is 1. The van der Waals surface area contributed by atoms with Crippen molar-refractivity contribution in [2.45, 2.75) is 32.7 Å². The maximum absolute atomic E-state index is 12.7. The van der Waals surface area contributed by atoms with E-state index in [0.717, 1.165) is 17.5 Å². The van der Waals surface area contributed by atoms with Crippen LogP contribution >= 0.6 is 0 Å². The highest BCUT2D eigenvalue weighted by molar-refractivity contribution is 5.97. The molecule has 1 aromatic heterocycles. The number of hydrogen-bond acceptors (Lipinski definition) is 5. The first-order valence-corrected chi connectivity index (χ1v) is 8.62. The van der Waals surface area contributed by atoms with E-state index < -0.39 is 23.1 Å². The van der Waals surface area contributed by atoms with Crippen LogP contribution in [0.1, 0.15) is 36.0 Å². The van der Waals surface area contributed by atoms with Crippen molar-refractivity contribution >= 4 is 11.8 Å². The molecule has 0 amide bonds. The molecule has 0 spiro atoms. The normalized spacial score (nSPS) is 18.2. The third-order valence-electron chi connectivity index (χ3n) is 4.92. The summed E-state index contributed by atoms with van der Waals surface area (Å²) < 4.78 is 6.74. The van der Waals surface area contributed by atoms with Crippen LogP contribution in [-0.2, 0) is 16.1 Å². The van der Waals surface area contributed by atoms with E-state index in [9.17, 15) is 14.4 Å². The summed E-state index contributed by atoms with van der Waals surface area (Å²) in [7, 11) is 0. The second-order valence-corrected chi connectivity index (χ2v) is 6.56. The molecule has 0 saturated heterocycles. The van der Waals surface area contributed by atoms with Gasteiger partial charge in [0, 0.05) is 6.54 Å². The van der Waals surface area contributed by atoms with E-state index in [1.807, 2.05) is 38.1 Å². The molecule has 7 nitrogen and oxygen atoms in total. The lowest BCUT2D eigenvalue weighted by Gasteiger charge is -2.28. The smallest absolute Gasteiger partial charge is 0.337 e. The van der Waals surface area contributed by atoms with Crippen LogP contribution in [0.5, 0.6) is 0 Å². The molecule has 1 aromatic carbocycles. The number of fused-ring (bicyclic) bond motifs is 1. The lowest BCUT2D eigenvalue weighted by molar-refractivity contribution is -0.136. The summed E-state index contributed by atoms with van der Waals surface area (Å²) in [6.45, 7) is 4.47. The number of nitrogens with zero attached hydrogens (tertiary/aromatic N) is 1. The second kappa shape index (κ2) is 6.01. The molecule has 1 atom stereocenters. The van der Waals surface area contributed by atoms with Gasteiger partial charge in [0.1, 0.15) is 12.4 Å². The molecule has 0 saturated carbocycles. The Kier molecular flexibility index (Phi) is 3.79. The summed E-state index contributed by atoms with van der Waals surface area (Å²) in [5.41, 5.74) is 2.32. The summed E-state index contributed by atoms with van der Waals surface area (Å²) in [6.07, 6.45) is 0.733. The van der Waals surface area contributed by atoms with Crippen LogP contribution in [0.2, 0.25) is 0 Å². The molecule has 2 aliphatic heterocycles. The number of benzene rings is 1. The summed E-state index contributed by atoms with van der Waals surface area (Å²) >= 11 is 0. The highest BCUT2D eigenvalue weighted by Gasteiger charge is 2.41. The summed E-state index contributed by atoms with van der Waals surface area (Å²) in [5.74, 6) is -0.546. The van der Waals surface area contributed by atoms with Gasteiger partial charge in [-0.3, -0.25) is 14.3 Å². The van der Waals surface area contributed by atoms with Gasteiger partial charge in [0.25, 0.3) is 5.56 Å². The number of H-pyrrole nitrogens is 1. The largest absolute Gasteiger partial charge is 0.456 e. The Balaban J connectivity index is 2.06. The van der Waals surface area contributed by atoms with Crippen LogP contribution in [0.4, 0.5) is 5.82 Å². The first kappa shape index (κ1) is 16.4. The molecule has 0 radical (unpaired) electrons. The Morgan fingerprint density at radius 3 is 2.73 bits per heavy atom. The number of carbonyl (C=O) groups excluding carboxylic acids is 1. The zero-order valence-electron chi connectivity index (χ0n) is 14.6. The zero-order chi connectivity index (χ0) is 18.4. The molecule has 7 heteroatoms. The predicted octanol–water partition coefficient (Wildman–Crippen LogP) is 1.62. The lowest BCUT2D eigenvalue weighted by atomic mass is 9.81. The van der Waals surface area contributed by atoms with Crippen molar-refractivity contribution in [1.82, 2.24) is 9.55 Å². The number of aryl methyl sites for hydroxylation is 1. The maximum Gasteiger partial charge on any atom is 0.337 e. The Hall–Kier alpha value is -3.09. The number of ether oxygens (including phenoxy) is 1. The number of nitrogens with one attached hydrogen (secondary N) is 2. The first-order chi connectivity index (χ1) is 12.5. The maximum atomic E-state index is 12.7. The Labute approximate surface area is 149 Å². The number of aromatic nitrogens is 2. The van der Waals surface area contributed by atoms with Gasteiger partial charge in [0.15, 0.2) is 0 Å². The van der Waals surface area contributed by atoms with Gasteiger partial charge < -0.3 is 10.1 Å². The Morgan fingerprint density at radius 2 is 2.00 bits per heavy atom. The zero-order valence-corrected chi connectivity index (χ0v) is 14.6. The number of rotatable bonds is 3. The Bertz CT molecular complexity index is 1060. The van der Waals surface area contributed by atoms with Crippen molar-refractivity contribution in [1.29, 1.82) is 0 Å². The average molecular weight is 353 g/mol. The van der Waals surface area contributed by atoms with Crippen LogP contribution in [0.15, 0.2) is 45.1 Å². The molecule has 134 valence electrons. The van der Waals surface area contributed by atoms with E-state index in [1.165, 1.54) is 4.57 Å². The summed E-state index contributed by atoms with van der Waals surface area (Å²) in [6, 6.07) is 7.62. The number of aromatic amines is 1. The molecule has 2 aliphatic rings. The monoisotopic (exact) mass is 353 g/mol. The number of esters is 1. The van der Waals surface area contributed by atoms with Crippen molar-refractivity contribution in [3.63, 3.8) is 0 Å². The van der Waals surface area contributed by atoms with Crippen molar-refractivity contribution in [2.24, 2.45) is 0 Å². The standard InChI is InChI=1S/C19H19N3O4/c1-3-8-22-16-15(17(23)21-19(22)25)13(11-7-5-4-6-10(11)2)14-12(20-16)9-26-18(14)24/h4-7,13,20H,3,8-9H2,1-2H3,(H,21,23,25)/t13-/m0/s1. The molecule has 0 unspecified atom stereocenters. The van der Waals surface area contributed by atoms with Crippen LogP contribution < -0.4 is 16.6 Å². The van der Waals surface area contributed by atoms with Gasteiger partial charge in [-0.1, -0.05) is 31.2 Å². The molecule has 26 heavy (non-hydrogen) atoms. The van der Waals surface area contributed by atoms with E-state index in [4.69, 9.17) is 4.74 Å². The van der Waals surface area contributed by atoms with Crippen molar-refractivity contribution in [2.75, 3.05) is 11.9 Å². The molecule has 0 aliphatic carbocycles. The van der Waals surface area contributed by atoms with Crippen LogP contribution in [0, 0.1) is 6.92 Å². The summed E-state index contributed by atoms with van der Waals surface area (Å²) in [5, 5.41) is 3.12. The molecular formula is C19H19N3O4. The minimum atomic E-state index is -0.565. The van der Waals surface area contributed by atoms with Gasteiger partial charge in [-0.25, -0.2) is 9.59 Å². The van der Waals surface area contributed by atoms with Crippen LogP contribution in [0.3, 0.4) is 0 Å². The van der Waals surface area contributed by atoms with Gasteiger partial charge in [-0.05, 0) is 24.5 Å². The minimum Gasteiger partial charge on any atom is -0.456 e. The second-order valence-electron chi connectivity index (χ2n) is 6.56.